The van der Waals surface area contributed by atoms with Crippen molar-refractivity contribution in [3.63, 3.8) is 0 Å². The van der Waals surface area contributed by atoms with Crippen LogP contribution in [0.4, 0.5) is 0 Å². The molecule has 43 heavy (non-hydrogen) atoms. The lowest BCUT2D eigenvalue weighted by molar-refractivity contribution is 0.436. The molecule has 198 valence electrons. The van der Waals surface area contributed by atoms with Crippen molar-refractivity contribution in [2.45, 2.75) is 5.41 Å². The van der Waals surface area contributed by atoms with E-state index in [1.165, 1.54) is 0 Å². The molecule has 6 nitrogen and oxygen atoms in total. The van der Waals surface area contributed by atoms with E-state index in [-0.39, 0.29) is 0 Å². The van der Waals surface area contributed by atoms with Crippen LogP contribution in [0.15, 0.2) is 116 Å². The third-order valence-electron chi connectivity index (χ3n) is 8.81. The lowest BCUT2D eigenvalue weighted by atomic mass is 9.66. The van der Waals surface area contributed by atoms with Gasteiger partial charge in [0.15, 0.2) is 0 Å². The summed E-state index contributed by atoms with van der Waals surface area (Å²) in [5.41, 5.74) is 9.32. The summed E-state index contributed by atoms with van der Waals surface area (Å²) < 4.78 is 8.86. The summed E-state index contributed by atoms with van der Waals surface area (Å²) in [6.45, 7) is 0. The van der Waals surface area contributed by atoms with Gasteiger partial charge in [-0.15, -0.1) is 0 Å². The van der Waals surface area contributed by atoms with Crippen LogP contribution in [0.25, 0.3) is 38.9 Å². The summed E-state index contributed by atoms with van der Waals surface area (Å²) in [4.78, 5) is 9.59. The molecule has 1 aliphatic carbocycles. The average molecular weight is 550 g/mol. The SMILES string of the molecule is N#Cc1ccc2c(c1)c1cc(C#N)ccc1n2-c1ccc2c(c1)Oc1ccccc1C21c2cccnc2-c2ncccc21. The lowest BCUT2D eigenvalue weighted by Crippen LogP contribution is -2.32. The molecule has 4 heterocycles. The molecule has 0 fully saturated rings. The first-order chi connectivity index (χ1) is 21.2. The Morgan fingerprint density at radius 2 is 1.16 bits per heavy atom. The first-order valence-corrected chi connectivity index (χ1v) is 13.9. The minimum absolute atomic E-state index is 0.571. The van der Waals surface area contributed by atoms with Crippen molar-refractivity contribution < 1.29 is 4.74 Å². The second-order valence-corrected chi connectivity index (χ2v) is 10.9. The quantitative estimate of drug-likeness (QED) is 0.209. The van der Waals surface area contributed by atoms with E-state index >= 15 is 0 Å². The first kappa shape index (κ1) is 23.5. The number of nitriles is 2. The van der Waals surface area contributed by atoms with Crippen molar-refractivity contribution in [1.82, 2.24) is 14.5 Å². The van der Waals surface area contributed by atoms with Gasteiger partial charge >= 0.3 is 0 Å². The molecule has 1 aliphatic heterocycles. The van der Waals surface area contributed by atoms with Gasteiger partial charge in [0.25, 0.3) is 0 Å². The highest BCUT2D eigenvalue weighted by Crippen LogP contribution is 2.61. The van der Waals surface area contributed by atoms with Gasteiger partial charge in [0.1, 0.15) is 11.5 Å². The average Bonchev–Trinajstić information content (AvgIpc) is 3.55. The molecule has 1 spiro atoms. The summed E-state index contributed by atoms with van der Waals surface area (Å²) in [7, 11) is 0. The smallest absolute Gasteiger partial charge is 0.134 e. The summed E-state index contributed by atoms with van der Waals surface area (Å²) >= 11 is 0. The van der Waals surface area contributed by atoms with E-state index in [1.807, 2.05) is 73.1 Å². The Kier molecular flexibility index (Phi) is 4.58. The predicted molar refractivity (Wildman–Crippen MR) is 163 cm³/mol. The number of pyridine rings is 2. The fourth-order valence-electron chi connectivity index (χ4n) is 7.13. The largest absolute Gasteiger partial charge is 0.457 e. The van der Waals surface area contributed by atoms with Crippen LogP contribution < -0.4 is 4.74 Å². The zero-order chi connectivity index (χ0) is 28.7. The molecule has 0 atom stereocenters. The van der Waals surface area contributed by atoms with E-state index in [4.69, 9.17) is 14.7 Å². The molecule has 0 radical (unpaired) electrons. The van der Waals surface area contributed by atoms with E-state index in [1.54, 1.807) is 0 Å². The van der Waals surface area contributed by atoms with Crippen molar-refractivity contribution in [3.8, 4) is 40.7 Å². The van der Waals surface area contributed by atoms with Crippen LogP contribution in [-0.2, 0) is 5.41 Å². The number of hydrogen-bond donors (Lipinski definition) is 0. The van der Waals surface area contributed by atoms with Gasteiger partial charge in [-0.25, -0.2) is 0 Å². The fourth-order valence-corrected chi connectivity index (χ4v) is 7.13. The molecule has 0 saturated carbocycles. The second-order valence-electron chi connectivity index (χ2n) is 10.9. The van der Waals surface area contributed by atoms with E-state index in [2.05, 4.69) is 59.2 Å². The van der Waals surface area contributed by atoms with Gasteiger partial charge in [0.05, 0.1) is 51.1 Å². The molecule has 6 heteroatoms. The number of para-hydroxylation sites is 1. The number of benzene rings is 4. The van der Waals surface area contributed by atoms with E-state index in [9.17, 15) is 10.5 Å². The Morgan fingerprint density at radius 3 is 1.79 bits per heavy atom. The van der Waals surface area contributed by atoms with Crippen molar-refractivity contribution in [2.24, 2.45) is 0 Å². The molecule has 3 aromatic heterocycles. The number of ether oxygens (including phenoxy) is 1. The maximum absolute atomic E-state index is 9.61. The van der Waals surface area contributed by atoms with Gasteiger partial charge < -0.3 is 9.30 Å². The van der Waals surface area contributed by atoms with Gasteiger partial charge in [0.2, 0.25) is 0 Å². The van der Waals surface area contributed by atoms with E-state index in [0.717, 1.165) is 72.6 Å². The second kappa shape index (κ2) is 8.39. The number of nitrogens with zero attached hydrogens (tertiary/aromatic N) is 5. The zero-order valence-electron chi connectivity index (χ0n) is 22.6. The van der Waals surface area contributed by atoms with Gasteiger partial charge in [-0.3, -0.25) is 9.97 Å². The highest BCUT2D eigenvalue weighted by Gasteiger charge is 2.52. The minimum atomic E-state index is -0.639. The standard InChI is InChI=1S/C37H19N5O/c38-20-22-9-13-31-25(17-22)26-18-23(21-39)10-14-32(26)42(31)24-11-12-28-34(19-24)43-33-8-2-1-5-27(33)37(28)29-6-3-15-40-35(29)36-30(37)7-4-16-41-36/h1-19H. The molecule has 4 aromatic carbocycles. The van der Waals surface area contributed by atoms with Crippen LogP contribution >= 0.6 is 0 Å². The van der Waals surface area contributed by atoms with E-state index in [0.29, 0.717) is 11.1 Å². The zero-order valence-corrected chi connectivity index (χ0v) is 22.6. The first-order valence-electron chi connectivity index (χ1n) is 13.9. The van der Waals surface area contributed by atoms with E-state index < -0.39 is 5.41 Å². The Morgan fingerprint density at radius 1 is 0.581 bits per heavy atom. The number of aromatic nitrogens is 3. The van der Waals surface area contributed by atoms with Crippen LogP contribution in [-0.4, -0.2) is 14.5 Å². The number of fused-ring (bicyclic) bond motifs is 12. The van der Waals surface area contributed by atoms with Crippen LogP contribution in [0.3, 0.4) is 0 Å². The van der Waals surface area contributed by atoms with Crippen molar-refractivity contribution in [3.05, 3.63) is 149 Å². The van der Waals surface area contributed by atoms with Gasteiger partial charge in [-0.05, 0) is 71.8 Å². The molecule has 0 amide bonds. The maximum Gasteiger partial charge on any atom is 0.134 e. The van der Waals surface area contributed by atoms with Crippen LogP contribution in [0.5, 0.6) is 11.5 Å². The fraction of sp³-hybridized carbons (Fsp3) is 0.0270. The Hall–Kier alpha value is -6.24. The van der Waals surface area contributed by atoms with Gasteiger partial charge in [0, 0.05) is 46.0 Å². The monoisotopic (exact) mass is 549 g/mol. The van der Waals surface area contributed by atoms with Gasteiger partial charge in [-0.1, -0.05) is 36.4 Å². The molecule has 0 unspecified atom stereocenters. The minimum Gasteiger partial charge on any atom is -0.457 e. The Balaban J connectivity index is 1.36. The van der Waals surface area contributed by atoms with Crippen LogP contribution in [0.2, 0.25) is 0 Å². The summed E-state index contributed by atoms with van der Waals surface area (Å²) in [5.74, 6) is 1.54. The summed E-state index contributed by atoms with van der Waals surface area (Å²) in [6.07, 6.45) is 3.65. The molecule has 9 rings (SSSR count). The van der Waals surface area contributed by atoms with Crippen molar-refractivity contribution >= 4 is 21.8 Å². The highest BCUT2D eigenvalue weighted by molar-refractivity contribution is 6.10. The topological polar surface area (TPSA) is 87.5 Å². The number of hydrogen-bond acceptors (Lipinski definition) is 5. The number of rotatable bonds is 1. The van der Waals surface area contributed by atoms with Crippen LogP contribution in [0, 0.1) is 22.7 Å². The third kappa shape index (κ3) is 2.94. The molecular formula is C37H19N5O. The summed E-state index contributed by atoms with van der Waals surface area (Å²) in [5, 5.41) is 21.1. The van der Waals surface area contributed by atoms with Crippen molar-refractivity contribution in [1.29, 1.82) is 10.5 Å². The lowest BCUT2D eigenvalue weighted by Gasteiger charge is -2.39. The Bertz CT molecular complexity index is 2310. The molecule has 0 bridgehead atoms. The molecule has 2 aliphatic rings. The summed E-state index contributed by atoms with van der Waals surface area (Å²) in [6, 6.07) is 38.7. The molecule has 0 saturated heterocycles. The third-order valence-corrected chi connectivity index (χ3v) is 8.81. The molecule has 0 N–H and O–H groups in total. The van der Waals surface area contributed by atoms with Gasteiger partial charge in [-0.2, -0.15) is 10.5 Å². The maximum atomic E-state index is 9.61. The van der Waals surface area contributed by atoms with Crippen molar-refractivity contribution in [2.75, 3.05) is 0 Å². The molecule has 7 aromatic rings. The highest BCUT2D eigenvalue weighted by atomic mass is 16.5. The predicted octanol–water partition coefficient (Wildman–Crippen LogP) is 7.79. The normalized spacial score (nSPS) is 13.4. The molecular weight excluding hydrogens is 530 g/mol. The Labute approximate surface area is 246 Å². The van der Waals surface area contributed by atoms with Crippen LogP contribution in [0.1, 0.15) is 33.4 Å².